The van der Waals surface area contributed by atoms with Crippen molar-refractivity contribution >= 4 is 16.6 Å². The van der Waals surface area contributed by atoms with Crippen LogP contribution in [0.15, 0.2) is 48.8 Å². The average molecular weight is 318 g/mol. The van der Waals surface area contributed by atoms with Crippen LogP contribution < -0.4 is 10.2 Å². The molecule has 0 saturated carbocycles. The van der Waals surface area contributed by atoms with E-state index < -0.39 is 0 Å². The number of rotatable bonds is 2. The summed E-state index contributed by atoms with van der Waals surface area (Å²) in [6.07, 6.45) is 4.84. The van der Waals surface area contributed by atoms with Crippen LogP contribution in [0.3, 0.4) is 0 Å². The Labute approximate surface area is 142 Å². The zero-order valence-electron chi connectivity index (χ0n) is 14.0. The quantitative estimate of drug-likeness (QED) is 0.786. The molecule has 122 valence electrons. The van der Waals surface area contributed by atoms with Crippen LogP contribution in [0.2, 0.25) is 0 Å². The number of pyridine rings is 2. The molecule has 1 aromatic carbocycles. The molecule has 0 radical (unpaired) electrons. The summed E-state index contributed by atoms with van der Waals surface area (Å²) in [6.45, 7) is 6.27. The van der Waals surface area contributed by atoms with E-state index in [1.807, 2.05) is 12.4 Å². The molecule has 3 heterocycles. The Kier molecular flexibility index (Phi) is 4.13. The van der Waals surface area contributed by atoms with Gasteiger partial charge in [0.15, 0.2) is 0 Å². The van der Waals surface area contributed by atoms with E-state index in [0.29, 0.717) is 0 Å². The summed E-state index contributed by atoms with van der Waals surface area (Å²) in [5.41, 5.74) is 3.46. The van der Waals surface area contributed by atoms with Crippen LogP contribution in [0, 0.1) is 6.92 Å². The van der Waals surface area contributed by atoms with Gasteiger partial charge in [0, 0.05) is 48.7 Å². The third-order valence-corrected chi connectivity index (χ3v) is 4.68. The van der Waals surface area contributed by atoms with E-state index in [2.05, 4.69) is 58.5 Å². The molecule has 0 aliphatic carbocycles. The first-order valence-electron chi connectivity index (χ1n) is 8.60. The summed E-state index contributed by atoms with van der Waals surface area (Å²) in [6, 6.07) is 12.7. The molecule has 4 rings (SSSR count). The van der Waals surface area contributed by atoms with Crippen molar-refractivity contribution in [3.8, 4) is 11.1 Å². The van der Waals surface area contributed by atoms with Gasteiger partial charge >= 0.3 is 0 Å². The molecular weight excluding hydrogens is 296 g/mol. The summed E-state index contributed by atoms with van der Waals surface area (Å²) in [5, 5.41) is 5.97. The normalized spacial score (nSPS) is 15.5. The molecule has 4 heteroatoms. The lowest BCUT2D eigenvalue weighted by Crippen LogP contribution is -2.29. The summed E-state index contributed by atoms with van der Waals surface area (Å²) >= 11 is 0. The van der Waals surface area contributed by atoms with E-state index in [1.165, 1.54) is 21.9 Å². The number of fused-ring (bicyclic) bond motifs is 1. The smallest absolute Gasteiger partial charge is 0.136 e. The third-order valence-electron chi connectivity index (χ3n) is 4.68. The van der Waals surface area contributed by atoms with E-state index in [1.54, 1.807) is 0 Å². The predicted molar refractivity (Wildman–Crippen MR) is 99.4 cm³/mol. The highest BCUT2D eigenvalue weighted by Crippen LogP contribution is 2.35. The lowest BCUT2D eigenvalue weighted by atomic mass is 9.98. The van der Waals surface area contributed by atoms with Gasteiger partial charge in [-0.2, -0.15) is 0 Å². The van der Waals surface area contributed by atoms with Crippen molar-refractivity contribution in [1.29, 1.82) is 0 Å². The highest BCUT2D eigenvalue weighted by Gasteiger charge is 2.18. The van der Waals surface area contributed by atoms with Crippen molar-refractivity contribution in [3.05, 3.63) is 54.5 Å². The van der Waals surface area contributed by atoms with Crippen molar-refractivity contribution in [2.24, 2.45) is 0 Å². The van der Waals surface area contributed by atoms with Gasteiger partial charge in [-0.1, -0.05) is 24.3 Å². The molecule has 0 spiro atoms. The van der Waals surface area contributed by atoms with Gasteiger partial charge in [-0.3, -0.25) is 4.98 Å². The minimum atomic E-state index is 1.00. The van der Waals surface area contributed by atoms with Crippen LogP contribution in [0.5, 0.6) is 0 Å². The largest absolute Gasteiger partial charge is 0.355 e. The van der Waals surface area contributed by atoms with Crippen LogP contribution in [0.1, 0.15) is 12.1 Å². The van der Waals surface area contributed by atoms with Crippen LogP contribution in [0.4, 0.5) is 5.82 Å². The Hall–Kier alpha value is -2.46. The predicted octanol–water partition coefficient (Wildman–Crippen LogP) is 3.40. The van der Waals surface area contributed by atoms with Crippen molar-refractivity contribution in [2.75, 3.05) is 31.1 Å². The number of aromatic nitrogens is 2. The van der Waals surface area contributed by atoms with Gasteiger partial charge < -0.3 is 10.2 Å². The lowest BCUT2D eigenvalue weighted by molar-refractivity contribution is 0.724. The minimum absolute atomic E-state index is 1.00. The first kappa shape index (κ1) is 15.1. The number of aryl methyl sites for hydroxylation is 1. The Morgan fingerprint density at radius 3 is 2.58 bits per heavy atom. The van der Waals surface area contributed by atoms with Gasteiger partial charge in [0.25, 0.3) is 0 Å². The average Bonchev–Trinajstić information content (AvgIpc) is 2.91. The summed E-state index contributed by atoms with van der Waals surface area (Å²) in [5.74, 6) is 1.12. The number of nitrogens with one attached hydrogen (secondary N) is 1. The molecule has 2 aromatic heterocycles. The van der Waals surface area contributed by atoms with Crippen LogP contribution in [-0.2, 0) is 0 Å². The first-order valence-corrected chi connectivity index (χ1v) is 8.60. The molecule has 0 unspecified atom stereocenters. The molecule has 1 aliphatic heterocycles. The van der Waals surface area contributed by atoms with Crippen molar-refractivity contribution in [1.82, 2.24) is 15.3 Å². The van der Waals surface area contributed by atoms with Gasteiger partial charge in [-0.05, 0) is 43.0 Å². The van der Waals surface area contributed by atoms with E-state index >= 15 is 0 Å². The van der Waals surface area contributed by atoms with E-state index in [9.17, 15) is 0 Å². The van der Waals surface area contributed by atoms with E-state index in [-0.39, 0.29) is 0 Å². The second-order valence-electron chi connectivity index (χ2n) is 6.27. The standard InChI is InChI=1S/C20H22N4/c1-15-19(16-7-10-22-11-8-16)17-5-2-3-6-18(17)20(23-15)24-13-4-9-21-12-14-24/h2-3,5-8,10-11,21H,4,9,12-14H2,1H3. The number of anilines is 1. The van der Waals surface area contributed by atoms with E-state index in [0.717, 1.165) is 44.1 Å². The number of benzene rings is 1. The third kappa shape index (κ3) is 2.74. The first-order chi connectivity index (χ1) is 11.8. The van der Waals surface area contributed by atoms with Crippen LogP contribution in [-0.4, -0.2) is 36.1 Å². The number of hydrogen-bond acceptors (Lipinski definition) is 4. The highest BCUT2D eigenvalue weighted by atomic mass is 15.2. The van der Waals surface area contributed by atoms with Crippen LogP contribution >= 0.6 is 0 Å². The molecule has 0 atom stereocenters. The van der Waals surface area contributed by atoms with Gasteiger partial charge in [0.2, 0.25) is 0 Å². The Morgan fingerprint density at radius 2 is 1.75 bits per heavy atom. The second-order valence-corrected chi connectivity index (χ2v) is 6.27. The maximum Gasteiger partial charge on any atom is 0.136 e. The molecule has 0 amide bonds. The highest BCUT2D eigenvalue weighted by molar-refractivity contribution is 6.03. The molecule has 1 N–H and O–H groups in total. The zero-order valence-corrected chi connectivity index (χ0v) is 14.0. The maximum atomic E-state index is 5.02. The fourth-order valence-electron chi connectivity index (χ4n) is 3.55. The maximum absolute atomic E-state index is 5.02. The molecule has 1 fully saturated rings. The summed E-state index contributed by atoms with van der Waals surface area (Å²) in [4.78, 5) is 11.6. The van der Waals surface area contributed by atoms with Gasteiger partial charge in [-0.25, -0.2) is 4.98 Å². The van der Waals surface area contributed by atoms with Crippen molar-refractivity contribution in [3.63, 3.8) is 0 Å². The van der Waals surface area contributed by atoms with Gasteiger partial charge in [0.1, 0.15) is 5.82 Å². The molecule has 1 saturated heterocycles. The zero-order chi connectivity index (χ0) is 16.4. The lowest BCUT2D eigenvalue weighted by Gasteiger charge is -2.24. The summed E-state index contributed by atoms with van der Waals surface area (Å²) < 4.78 is 0. The molecule has 3 aromatic rings. The number of hydrogen-bond donors (Lipinski definition) is 1. The number of nitrogens with zero attached hydrogens (tertiary/aromatic N) is 3. The molecule has 4 nitrogen and oxygen atoms in total. The SMILES string of the molecule is Cc1nc(N2CCCNCC2)c2ccccc2c1-c1ccncc1. The fraction of sp³-hybridized carbons (Fsp3) is 0.300. The second kappa shape index (κ2) is 6.57. The molecular formula is C20H22N4. The van der Waals surface area contributed by atoms with Crippen molar-refractivity contribution in [2.45, 2.75) is 13.3 Å². The Balaban J connectivity index is 1.92. The van der Waals surface area contributed by atoms with E-state index in [4.69, 9.17) is 4.98 Å². The fourth-order valence-corrected chi connectivity index (χ4v) is 3.55. The minimum Gasteiger partial charge on any atom is -0.355 e. The summed E-state index contributed by atoms with van der Waals surface area (Å²) in [7, 11) is 0. The Morgan fingerprint density at radius 1 is 0.958 bits per heavy atom. The van der Waals surface area contributed by atoms with Gasteiger partial charge in [0.05, 0.1) is 0 Å². The Bertz CT molecular complexity index is 837. The van der Waals surface area contributed by atoms with Crippen molar-refractivity contribution < 1.29 is 0 Å². The molecule has 0 bridgehead atoms. The molecule has 24 heavy (non-hydrogen) atoms. The molecule has 1 aliphatic rings. The van der Waals surface area contributed by atoms with Crippen LogP contribution in [0.25, 0.3) is 21.9 Å². The topological polar surface area (TPSA) is 41.1 Å². The monoisotopic (exact) mass is 318 g/mol. The van der Waals surface area contributed by atoms with Gasteiger partial charge in [-0.15, -0.1) is 0 Å².